The lowest BCUT2D eigenvalue weighted by Gasteiger charge is -2.38. The molecule has 0 radical (unpaired) electrons. The van der Waals surface area contributed by atoms with Crippen LogP contribution in [0.25, 0.3) is 11.1 Å². The Morgan fingerprint density at radius 1 is 1.04 bits per heavy atom. The summed E-state index contributed by atoms with van der Waals surface area (Å²) in [7, 11) is 1.70. The molecule has 0 unspecified atom stereocenters. The van der Waals surface area contributed by atoms with Crippen LogP contribution in [0.4, 0.5) is 11.6 Å². The van der Waals surface area contributed by atoms with Crippen LogP contribution in [0.1, 0.15) is 57.6 Å². The van der Waals surface area contributed by atoms with E-state index >= 15 is 0 Å². The van der Waals surface area contributed by atoms with Crippen LogP contribution in [-0.4, -0.2) is 97.7 Å². The number of aromatic nitrogens is 7. The van der Waals surface area contributed by atoms with E-state index in [-0.39, 0.29) is 12.2 Å². The Hall–Kier alpha value is -4.58. The van der Waals surface area contributed by atoms with Crippen molar-refractivity contribution in [2.45, 2.75) is 76.8 Å². The number of morpholine rings is 1. The van der Waals surface area contributed by atoms with Crippen LogP contribution in [-0.2, 0) is 16.0 Å². The maximum atomic E-state index is 9.67. The fourth-order valence-corrected chi connectivity index (χ4v) is 6.22. The number of anilines is 2. The third-order valence-electron chi connectivity index (χ3n) is 9.04. The van der Waals surface area contributed by atoms with Crippen molar-refractivity contribution in [1.82, 2.24) is 39.4 Å². The van der Waals surface area contributed by atoms with Crippen molar-refractivity contribution >= 4 is 11.6 Å². The summed E-state index contributed by atoms with van der Waals surface area (Å²) in [4.78, 5) is 15.8. The number of benzene rings is 1. The maximum Gasteiger partial charge on any atom is 0.256 e. The van der Waals surface area contributed by atoms with Crippen LogP contribution in [0.15, 0.2) is 49.4 Å². The van der Waals surface area contributed by atoms with Crippen molar-refractivity contribution in [1.29, 1.82) is 5.26 Å². The first-order valence-corrected chi connectivity index (χ1v) is 16.7. The molecule has 1 N–H and O–H groups in total. The van der Waals surface area contributed by atoms with Gasteiger partial charge in [-0.25, -0.2) is 19.6 Å². The van der Waals surface area contributed by atoms with E-state index in [1.54, 1.807) is 36.6 Å². The molecule has 0 amide bonds. The molecule has 1 aliphatic carbocycles. The van der Waals surface area contributed by atoms with Gasteiger partial charge in [-0.1, -0.05) is 6.07 Å². The first kappa shape index (κ1) is 33.3. The predicted molar refractivity (Wildman–Crippen MR) is 178 cm³/mol. The third-order valence-corrected chi connectivity index (χ3v) is 9.04. The number of nitrogens with one attached hydrogen (secondary N) is 1. The molecule has 6 rings (SSSR count). The van der Waals surface area contributed by atoms with Gasteiger partial charge in [0.05, 0.1) is 50.3 Å². The van der Waals surface area contributed by atoms with Gasteiger partial charge in [0.2, 0.25) is 5.95 Å². The zero-order valence-corrected chi connectivity index (χ0v) is 27.9. The van der Waals surface area contributed by atoms with E-state index in [0.717, 1.165) is 75.2 Å². The van der Waals surface area contributed by atoms with Gasteiger partial charge in [-0.3, -0.25) is 9.58 Å². The van der Waals surface area contributed by atoms with Gasteiger partial charge in [0.1, 0.15) is 36.3 Å². The quantitative estimate of drug-likeness (QED) is 0.202. The Bertz CT molecular complexity index is 1620. The van der Waals surface area contributed by atoms with E-state index in [9.17, 15) is 5.26 Å². The Kier molecular flexibility index (Phi) is 11.1. The van der Waals surface area contributed by atoms with Crippen molar-refractivity contribution in [3.63, 3.8) is 0 Å². The summed E-state index contributed by atoms with van der Waals surface area (Å²) in [5.41, 5.74) is 2.79. The molecule has 2 aliphatic rings. The monoisotopic (exact) mass is 656 g/mol. The van der Waals surface area contributed by atoms with E-state index < -0.39 is 0 Å². The molecular formula is C34H44N10O4. The van der Waals surface area contributed by atoms with Crippen molar-refractivity contribution in [3.05, 3.63) is 55.0 Å². The van der Waals surface area contributed by atoms with Crippen LogP contribution in [0.5, 0.6) is 11.6 Å². The minimum Gasteiger partial charge on any atom is -0.487 e. The maximum absolute atomic E-state index is 9.67. The molecule has 0 spiro atoms. The van der Waals surface area contributed by atoms with Crippen molar-refractivity contribution in [2.75, 3.05) is 45.3 Å². The van der Waals surface area contributed by atoms with E-state index in [1.807, 2.05) is 36.9 Å². The lowest BCUT2D eigenvalue weighted by atomic mass is 9.90. The van der Waals surface area contributed by atoms with Crippen LogP contribution in [0.3, 0.4) is 0 Å². The van der Waals surface area contributed by atoms with E-state index in [1.165, 1.54) is 6.33 Å². The van der Waals surface area contributed by atoms with Crippen LogP contribution < -0.4 is 14.8 Å². The second-order valence-corrected chi connectivity index (χ2v) is 12.4. The summed E-state index contributed by atoms with van der Waals surface area (Å²) in [6.45, 7) is 8.62. The number of rotatable bonds is 14. The number of nitrogens with zero attached hydrogens (tertiary/aromatic N) is 9. The Labute approximate surface area is 281 Å². The van der Waals surface area contributed by atoms with E-state index in [4.69, 9.17) is 24.0 Å². The number of methoxy groups -OCH3 is 1. The standard InChI is InChI=1S/C34H44N10O4/c1-24(45-3)10-13-47-33-31(21-44(41-33)30-8-6-29(7-9-30)42-11-14-46-15-12-42)40-34-37-18-28(19-38-34)26-4-5-27(17-35)32(16-26)48-25(2)20-43-23-36-22-39-43/h4-5,16,18-19,21-25,29-30H,6-15,20H2,1-3H3,(H,37,38,40)/t24-,25-,29?,30?/m0/s1. The number of hydrogen-bond donors (Lipinski definition) is 1. The topological polar surface area (TPSA) is 150 Å². The highest BCUT2D eigenvalue weighted by Gasteiger charge is 2.29. The van der Waals surface area contributed by atoms with Gasteiger partial charge in [-0.05, 0) is 57.2 Å². The molecule has 14 nitrogen and oxygen atoms in total. The molecule has 254 valence electrons. The normalized spacial score (nSPS) is 19.7. The molecule has 0 bridgehead atoms. The molecule has 4 aromatic rings. The Balaban J connectivity index is 1.14. The van der Waals surface area contributed by atoms with Gasteiger partial charge < -0.3 is 24.3 Å². The molecule has 1 aromatic carbocycles. The molecule has 14 heteroatoms. The summed E-state index contributed by atoms with van der Waals surface area (Å²) >= 11 is 0. The average molecular weight is 657 g/mol. The highest BCUT2D eigenvalue weighted by Crippen LogP contribution is 2.35. The largest absolute Gasteiger partial charge is 0.487 e. The second kappa shape index (κ2) is 16.0. The van der Waals surface area contributed by atoms with Crippen LogP contribution in [0, 0.1) is 11.3 Å². The van der Waals surface area contributed by atoms with Gasteiger partial charge in [0.25, 0.3) is 5.88 Å². The van der Waals surface area contributed by atoms with Crippen molar-refractivity contribution in [3.8, 4) is 28.8 Å². The minimum absolute atomic E-state index is 0.0832. The fourth-order valence-electron chi connectivity index (χ4n) is 6.22. The number of hydrogen-bond acceptors (Lipinski definition) is 12. The number of ether oxygens (including phenoxy) is 4. The van der Waals surface area contributed by atoms with Gasteiger partial charge in [0.15, 0.2) is 0 Å². The van der Waals surface area contributed by atoms with Crippen LogP contribution in [0.2, 0.25) is 0 Å². The molecule has 1 saturated carbocycles. The van der Waals surface area contributed by atoms with Gasteiger partial charge in [0, 0.05) is 50.6 Å². The highest BCUT2D eigenvalue weighted by atomic mass is 16.5. The number of nitriles is 1. The molecular weight excluding hydrogens is 612 g/mol. The summed E-state index contributed by atoms with van der Waals surface area (Å²) in [5, 5.41) is 22.0. The van der Waals surface area contributed by atoms with Gasteiger partial charge in [-0.15, -0.1) is 5.10 Å². The lowest BCUT2D eigenvalue weighted by molar-refractivity contribution is 0.00502. The van der Waals surface area contributed by atoms with Crippen molar-refractivity contribution < 1.29 is 18.9 Å². The summed E-state index contributed by atoms with van der Waals surface area (Å²) in [6, 6.07) is 8.57. The zero-order chi connectivity index (χ0) is 33.3. The zero-order valence-electron chi connectivity index (χ0n) is 27.9. The van der Waals surface area contributed by atoms with Gasteiger partial charge in [-0.2, -0.15) is 10.4 Å². The lowest BCUT2D eigenvalue weighted by Crippen LogP contribution is -2.45. The van der Waals surface area contributed by atoms with Crippen LogP contribution >= 0.6 is 0 Å². The summed E-state index contributed by atoms with van der Waals surface area (Å²) in [5.74, 6) is 1.44. The molecule has 3 aromatic heterocycles. The predicted octanol–water partition coefficient (Wildman–Crippen LogP) is 4.63. The fraction of sp³-hybridized carbons (Fsp3) is 0.529. The SMILES string of the molecule is CO[C@@H](C)CCOc1nn(C2CCC(N3CCOCC3)CC2)cc1Nc1ncc(-c2ccc(C#N)c(O[C@@H](C)Cn3cncn3)c2)cn1. The second-order valence-electron chi connectivity index (χ2n) is 12.4. The first-order chi connectivity index (χ1) is 23.5. The average Bonchev–Trinajstić information content (AvgIpc) is 3.79. The van der Waals surface area contributed by atoms with E-state index in [2.05, 4.69) is 36.3 Å². The Morgan fingerprint density at radius 3 is 2.52 bits per heavy atom. The van der Waals surface area contributed by atoms with Crippen molar-refractivity contribution in [2.24, 2.45) is 0 Å². The molecule has 2 atom stereocenters. The van der Waals surface area contributed by atoms with E-state index in [0.29, 0.717) is 48.4 Å². The Morgan fingerprint density at radius 2 is 1.81 bits per heavy atom. The smallest absolute Gasteiger partial charge is 0.256 e. The minimum atomic E-state index is -0.230. The molecule has 1 aliphatic heterocycles. The molecule has 2 fully saturated rings. The highest BCUT2D eigenvalue weighted by molar-refractivity contribution is 5.67. The third kappa shape index (κ3) is 8.46. The molecule has 1 saturated heterocycles. The molecule has 4 heterocycles. The summed E-state index contributed by atoms with van der Waals surface area (Å²) < 4.78 is 27.0. The molecule has 48 heavy (non-hydrogen) atoms. The first-order valence-electron chi connectivity index (χ1n) is 16.7. The van der Waals surface area contributed by atoms with Gasteiger partial charge >= 0.3 is 0 Å². The summed E-state index contributed by atoms with van der Waals surface area (Å²) in [6.07, 6.45) is 13.6.